The second-order valence-corrected chi connectivity index (χ2v) is 6.20. The molecule has 1 heterocycles. The topological polar surface area (TPSA) is 108 Å². The summed E-state index contributed by atoms with van der Waals surface area (Å²) in [5, 5.41) is 0. The van der Waals surface area contributed by atoms with Crippen LogP contribution >= 0.6 is 0 Å². The van der Waals surface area contributed by atoms with E-state index in [9.17, 15) is 19.2 Å². The molecule has 0 aromatic carbocycles. The van der Waals surface area contributed by atoms with Gasteiger partial charge in [-0.1, -0.05) is 6.08 Å². The zero-order chi connectivity index (χ0) is 19.6. The Kier molecular flexibility index (Phi) is 5.70. The Hall–Kier alpha value is -2.42. The van der Waals surface area contributed by atoms with Crippen molar-refractivity contribution in [1.82, 2.24) is 4.90 Å². The standard InChI is InChI=1S/C17H23NO8/c1-18-10-8-6-7-9(13(19)23-2)17(10,16(22)26-5)11(14(20)24-3)12(18)15(21)25-4/h7,10-12H,6,8H2,1-5H3/t10-,11+,12-,17-/m0/s1. The normalized spacial score (nSPS) is 30.7. The fourth-order valence-corrected chi connectivity index (χ4v) is 4.31. The predicted molar refractivity (Wildman–Crippen MR) is 86.6 cm³/mol. The highest BCUT2D eigenvalue weighted by Gasteiger charge is 2.71. The quantitative estimate of drug-likeness (QED) is 0.487. The third kappa shape index (κ3) is 2.57. The largest absolute Gasteiger partial charge is 0.469 e. The molecule has 1 aliphatic carbocycles. The SMILES string of the molecule is COC(=O)C1=CCC[C@@H]2N(C)[C@H](C(=O)OC)[C@H](C(=O)OC)[C@]12C(=O)OC. The average molecular weight is 369 g/mol. The minimum absolute atomic E-state index is 0.00301. The molecule has 0 spiro atoms. The lowest BCUT2D eigenvalue weighted by Crippen LogP contribution is -2.54. The van der Waals surface area contributed by atoms with Crippen molar-refractivity contribution in [2.24, 2.45) is 11.3 Å². The van der Waals surface area contributed by atoms with E-state index >= 15 is 0 Å². The zero-order valence-electron chi connectivity index (χ0n) is 15.4. The van der Waals surface area contributed by atoms with Gasteiger partial charge in [0.2, 0.25) is 0 Å². The number of esters is 4. The van der Waals surface area contributed by atoms with Gasteiger partial charge in [0.15, 0.2) is 0 Å². The van der Waals surface area contributed by atoms with Crippen LogP contribution in [-0.2, 0) is 38.1 Å². The van der Waals surface area contributed by atoms with Crippen molar-refractivity contribution < 1.29 is 38.1 Å². The maximum Gasteiger partial charge on any atom is 0.334 e. The molecule has 1 saturated heterocycles. The molecule has 9 heteroatoms. The molecule has 0 aromatic heterocycles. The van der Waals surface area contributed by atoms with Gasteiger partial charge in [-0.05, 0) is 19.9 Å². The van der Waals surface area contributed by atoms with Crippen LogP contribution in [0.5, 0.6) is 0 Å². The summed E-state index contributed by atoms with van der Waals surface area (Å²) in [7, 11) is 6.29. The average Bonchev–Trinajstić information content (AvgIpc) is 2.95. The second-order valence-electron chi connectivity index (χ2n) is 6.20. The summed E-state index contributed by atoms with van der Waals surface area (Å²) < 4.78 is 19.5. The highest BCUT2D eigenvalue weighted by Crippen LogP contribution is 2.55. The molecule has 0 N–H and O–H groups in total. The van der Waals surface area contributed by atoms with Gasteiger partial charge in [-0.3, -0.25) is 19.3 Å². The smallest absolute Gasteiger partial charge is 0.334 e. The number of methoxy groups -OCH3 is 4. The number of nitrogens with zero attached hydrogens (tertiary/aromatic N) is 1. The number of ether oxygens (including phenoxy) is 4. The first-order valence-corrected chi connectivity index (χ1v) is 8.07. The van der Waals surface area contributed by atoms with Gasteiger partial charge in [-0.2, -0.15) is 0 Å². The number of hydrogen-bond acceptors (Lipinski definition) is 9. The molecular formula is C17H23NO8. The van der Waals surface area contributed by atoms with Crippen molar-refractivity contribution in [1.29, 1.82) is 0 Å². The lowest BCUT2D eigenvalue weighted by molar-refractivity contribution is -0.167. The first-order valence-electron chi connectivity index (χ1n) is 8.07. The molecular weight excluding hydrogens is 346 g/mol. The first-order chi connectivity index (χ1) is 12.3. The van der Waals surface area contributed by atoms with E-state index in [1.165, 1.54) is 14.2 Å². The first kappa shape index (κ1) is 19.9. The Morgan fingerprint density at radius 3 is 2.12 bits per heavy atom. The molecule has 2 rings (SSSR count). The number of carbonyl (C=O) groups is 4. The maximum atomic E-state index is 13.0. The van der Waals surface area contributed by atoms with Crippen molar-refractivity contribution in [2.45, 2.75) is 24.9 Å². The molecule has 0 aromatic rings. The van der Waals surface area contributed by atoms with E-state index in [1.807, 2.05) is 0 Å². The summed E-state index contributed by atoms with van der Waals surface area (Å²) >= 11 is 0. The molecule has 4 atom stereocenters. The predicted octanol–water partition coefficient (Wildman–Crippen LogP) is -0.316. The molecule has 26 heavy (non-hydrogen) atoms. The number of fused-ring (bicyclic) bond motifs is 1. The highest BCUT2D eigenvalue weighted by atomic mass is 16.5. The van der Waals surface area contributed by atoms with E-state index < -0.39 is 47.3 Å². The van der Waals surface area contributed by atoms with E-state index in [4.69, 9.17) is 18.9 Å². The van der Waals surface area contributed by atoms with Crippen molar-refractivity contribution in [3.8, 4) is 0 Å². The van der Waals surface area contributed by atoms with E-state index in [0.717, 1.165) is 14.2 Å². The molecule has 144 valence electrons. The van der Waals surface area contributed by atoms with Crippen LogP contribution in [-0.4, -0.2) is 76.3 Å². The Labute approximate surface area is 151 Å². The maximum absolute atomic E-state index is 13.0. The fraction of sp³-hybridized carbons (Fsp3) is 0.647. The summed E-state index contributed by atoms with van der Waals surface area (Å²) in [5.74, 6) is -4.38. The monoisotopic (exact) mass is 369 g/mol. The van der Waals surface area contributed by atoms with Crippen LogP contribution in [0.3, 0.4) is 0 Å². The minimum atomic E-state index is -1.72. The van der Waals surface area contributed by atoms with Crippen LogP contribution in [0.25, 0.3) is 0 Å². The molecule has 0 unspecified atom stereocenters. The minimum Gasteiger partial charge on any atom is -0.469 e. The summed E-state index contributed by atoms with van der Waals surface area (Å²) in [5.41, 5.74) is -1.72. The molecule has 2 aliphatic rings. The number of rotatable bonds is 4. The van der Waals surface area contributed by atoms with Crippen molar-refractivity contribution in [3.05, 3.63) is 11.6 Å². The molecule has 0 bridgehead atoms. The van der Waals surface area contributed by atoms with Gasteiger partial charge in [0.1, 0.15) is 17.4 Å². The van der Waals surface area contributed by atoms with Gasteiger partial charge in [0.05, 0.1) is 34.0 Å². The summed E-state index contributed by atoms with van der Waals surface area (Å²) in [6.45, 7) is 0. The van der Waals surface area contributed by atoms with Gasteiger partial charge in [-0.15, -0.1) is 0 Å². The molecule has 0 radical (unpaired) electrons. The Morgan fingerprint density at radius 2 is 1.62 bits per heavy atom. The van der Waals surface area contributed by atoms with Crippen LogP contribution < -0.4 is 0 Å². The van der Waals surface area contributed by atoms with Crippen molar-refractivity contribution in [3.63, 3.8) is 0 Å². The van der Waals surface area contributed by atoms with Gasteiger partial charge >= 0.3 is 23.9 Å². The second kappa shape index (κ2) is 7.45. The van der Waals surface area contributed by atoms with Crippen LogP contribution in [0, 0.1) is 11.3 Å². The highest BCUT2D eigenvalue weighted by molar-refractivity contribution is 6.04. The number of allylic oxidation sites excluding steroid dienone is 1. The zero-order valence-corrected chi connectivity index (χ0v) is 15.4. The fourth-order valence-electron chi connectivity index (χ4n) is 4.31. The molecule has 1 aliphatic heterocycles. The van der Waals surface area contributed by atoms with Crippen molar-refractivity contribution in [2.75, 3.05) is 35.5 Å². The summed E-state index contributed by atoms with van der Waals surface area (Å²) in [4.78, 5) is 52.1. The third-order valence-corrected chi connectivity index (χ3v) is 5.32. The van der Waals surface area contributed by atoms with Gasteiger partial charge in [0, 0.05) is 6.04 Å². The van der Waals surface area contributed by atoms with Crippen molar-refractivity contribution >= 4 is 23.9 Å². The summed E-state index contributed by atoms with van der Waals surface area (Å²) in [6, 6.07) is -1.75. The summed E-state index contributed by atoms with van der Waals surface area (Å²) in [6.07, 6.45) is 2.47. The number of likely N-dealkylation sites (N-methyl/N-ethyl adjacent to an activating group) is 1. The molecule has 1 fully saturated rings. The van der Waals surface area contributed by atoms with Gasteiger partial charge in [0.25, 0.3) is 0 Å². The van der Waals surface area contributed by atoms with E-state index in [0.29, 0.717) is 12.8 Å². The Morgan fingerprint density at radius 1 is 1.00 bits per heavy atom. The number of carbonyl (C=O) groups excluding carboxylic acids is 4. The Bertz CT molecular complexity index is 657. The van der Waals surface area contributed by atoms with Crippen LogP contribution in [0.1, 0.15) is 12.8 Å². The van der Waals surface area contributed by atoms with E-state index in [-0.39, 0.29) is 5.57 Å². The van der Waals surface area contributed by atoms with Gasteiger partial charge in [-0.25, -0.2) is 4.79 Å². The van der Waals surface area contributed by atoms with Crippen LogP contribution in [0.4, 0.5) is 0 Å². The van der Waals surface area contributed by atoms with Crippen LogP contribution in [0.15, 0.2) is 11.6 Å². The lowest BCUT2D eigenvalue weighted by atomic mass is 9.62. The van der Waals surface area contributed by atoms with E-state index in [1.54, 1.807) is 18.0 Å². The molecule has 9 nitrogen and oxygen atoms in total. The van der Waals surface area contributed by atoms with E-state index in [2.05, 4.69) is 0 Å². The molecule has 0 amide bonds. The van der Waals surface area contributed by atoms with Crippen LogP contribution in [0.2, 0.25) is 0 Å². The molecule has 0 saturated carbocycles. The number of hydrogen-bond donors (Lipinski definition) is 0. The van der Waals surface area contributed by atoms with Gasteiger partial charge < -0.3 is 18.9 Å². The lowest BCUT2D eigenvalue weighted by Gasteiger charge is -2.40. The Balaban J connectivity index is 2.81. The third-order valence-electron chi connectivity index (χ3n) is 5.32. The number of likely N-dealkylation sites (tertiary alicyclic amines) is 1.